The van der Waals surface area contributed by atoms with Gasteiger partial charge in [0.05, 0.1) is 6.61 Å². The van der Waals surface area contributed by atoms with E-state index >= 15 is 0 Å². The molecule has 1 heterocycles. The maximum atomic E-state index is 11.3. The Morgan fingerprint density at radius 2 is 2.43 bits per heavy atom. The first kappa shape index (κ1) is 11.5. The molecular weight excluding hydrogens is 180 g/mol. The van der Waals surface area contributed by atoms with E-state index in [4.69, 9.17) is 10.5 Å². The van der Waals surface area contributed by atoms with Gasteiger partial charge in [0.15, 0.2) is 0 Å². The molecule has 1 unspecified atom stereocenters. The lowest BCUT2D eigenvalue weighted by molar-refractivity contribution is -0.142. The summed E-state index contributed by atoms with van der Waals surface area (Å²) in [4.78, 5) is 13.2. The molecule has 1 rings (SSSR count). The lowest BCUT2D eigenvalue weighted by Gasteiger charge is -2.27. The lowest BCUT2D eigenvalue weighted by atomic mass is 10.1. The summed E-state index contributed by atoms with van der Waals surface area (Å²) in [6.07, 6.45) is 3.01. The Balaban J connectivity index is 2.13. The Bertz CT molecular complexity index is 185. The Kier molecular flexibility index (Phi) is 4.90. The van der Waals surface area contributed by atoms with Crippen LogP contribution in [0.2, 0.25) is 0 Å². The van der Waals surface area contributed by atoms with Crippen LogP contribution in [0.15, 0.2) is 0 Å². The molecule has 4 nitrogen and oxygen atoms in total. The number of morpholine rings is 1. The van der Waals surface area contributed by atoms with Gasteiger partial charge < -0.3 is 15.4 Å². The summed E-state index contributed by atoms with van der Waals surface area (Å²) in [6.45, 7) is 4.58. The second-order valence-corrected chi connectivity index (χ2v) is 3.74. The van der Waals surface area contributed by atoms with E-state index in [0.29, 0.717) is 6.61 Å². The van der Waals surface area contributed by atoms with Gasteiger partial charge in [-0.2, -0.15) is 0 Å². The number of hydrogen-bond donors (Lipinski definition) is 1. The Labute approximate surface area is 85.4 Å². The van der Waals surface area contributed by atoms with Crippen LogP contribution in [0.3, 0.4) is 0 Å². The molecule has 82 valence electrons. The number of amides is 1. The van der Waals surface area contributed by atoms with Crippen LogP contribution in [0.5, 0.6) is 0 Å². The van der Waals surface area contributed by atoms with E-state index in [2.05, 4.69) is 6.92 Å². The minimum absolute atomic E-state index is 0.112. The summed E-state index contributed by atoms with van der Waals surface area (Å²) in [5.41, 5.74) is 5.80. The fourth-order valence-corrected chi connectivity index (χ4v) is 1.54. The minimum Gasteiger partial charge on any atom is -0.370 e. The van der Waals surface area contributed by atoms with Gasteiger partial charge in [-0.25, -0.2) is 0 Å². The molecule has 0 aliphatic carbocycles. The van der Waals surface area contributed by atoms with Crippen molar-refractivity contribution in [3.05, 3.63) is 0 Å². The Morgan fingerprint density at radius 1 is 1.64 bits per heavy atom. The van der Waals surface area contributed by atoms with Crippen molar-refractivity contribution in [1.82, 2.24) is 4.90 Å². The topological polar surface area (TPSA) is 55.6 Å². The molecule has 1 amide bonds. The van der Waals surface area contributed by atoms with E-state index in [-0.39, 0.29) is 18.6 Å². The van der Waals surface area contributed by atoms with Crippen LogP contribution in [0.4, 0.5) is 0 Å². The van der Waals surface area contributed by atoms with Gasteiger partial charge in [-0.3, -0.25) is 4.79 Å². The van der Waals surface area contributed by atoms with Gasteiger partial charge in [0, 0.05) is 19.1 Å². The Hall–Kier alpha value is -0.610. The summed E-state index contributed by atoms with van der Waals surface area (Å²) in [7, 11) is 0. The SMILES string of the molecule is CCC(N)CCCN1CCOCC1=O. The van der Waals surface area contributed by atoms with Crippen LogP contribution < -0.4 is 5.73 Å². The number of carbonyl (C=O) groups excluding carboxylic acids is 1. The van der Waals surface area contributed by atoms with Crippen molar-refractivity contribution in [2.45, 2.75) is 32.2 Å². The second kappa shape index (κ2) is 5.98. The number of carbonyl (C=O) groups is 1. The molecule has 0 radical (unpaired) electrons. The van der Waals surface area contributed by atoms with Crippen LogP contribution in [-0.2, 0) is 9.53 Å². The first-order chi connectivity index (χ1) is 6.74. The van der Waals surface area contributed by atoms with E-state index < -0.39 is 0 Å². The van der Waals surface area contributed by atoms with E-state index in [1.54, 1.807) is 0 Å². The van der Waals surface area contributed by atoms with E-state index in [0.717, 1.165) is 32.4 Å². The number of hydrogen-bond acceptors (Lipinski definition) is 3. The maximum absolute atomic E-state index is 11.3. The lowest BCUT2D eigenvalue weighted by Crippen LogP contribution is -2.42. The van der Waals surface area contributed by atoms with Gasteiger partial charge in [-0.05, 0) is 19.3 Å². The monoisotopic (exact) mass is 200 g/mol. The number of ether oxygens (including phenoxy) is 1. The quantitative estimate of drug-likeness (QED) is 0.697. The van der Waals surface area contributed by atoms with Crippen LogP contribution in [0, 0.1) is 0 Å². The van der Waals surface area contributed by atoms with Crippen molar-refractivity contribution in [3.63, 3.8) is 0 Å². The summed E-state index contributed by atoms with van der Waals surface area (Å²) < 4.78 is 5.04. The van der Waals surface area contributed by atoms with Gasteiger partial charge in [0.1, 0.15) is 6.61 Å². The number of rotatable bonds is 5. The predicted octanol–water partition coefficient (Wildman–Crippen LogP) is 0.363. The molecule has 4 heteroatoms. The molecule has 1 fully saturated rings. The average molecular weight is 200 g/mol. The molecule has 0 spiro atoms. The first-order valence-electron chi connectivity index (χ1n) is 5.35. The highest BCUT2D eigenvalue weighted by atomic mass is 16.5. The first-order valence-corrected chi connectivity index (χ1v) is 5.35. The van der Waals surface area contributed by atoms with Crippen molar-refractivity contribution in [2.75, 3.05) is 26.3 Å². The van der Waals surface area contributed by atoms with Crippen LogP contribution in [0.1, 0.15) is 26.2 Å². The normalized spacial score (nSPS) is 19.9. The molecule has 0 saturated carbocycles. The molecular formula is C10H20N2O2. The van der Waals surface area contributed by atoms with Crippen LogP contribution in [-0.4, -0.2) is 43.2 Å². The van der Waals surface area contributed by atoms with E-state index in [1.807, 2.05) is 4.90 Å². The number of nitrogens with two attached hydrogens (primary N) is 1. The standard InChI is InChI=1S/C10H20N2O2/c1-2-9(11)4-3-5-12-6-7-14-8-10(12)13/h9H,2-8,11H2,1H3. The smallest absolute Gasteiger partial charge is 0.248 e. The van der Waals surface area contributed by atoms with E-state index in [1.165, 1.54) is 0 Å². The number of nitrogens with zero attached hydrogens (tertiary/aromatic N) is 1. The molecule has 0 aromatic rings. The molecule has 0 aromatic carbocycles. The molecule has 1 atom stereocenters. The van der Waals surface area contributed by atoms with E-state index in [9.17, 15) is 4.79 Å². The molecule has 0 bridgehead atoms. The third kappa shape index (κ3) is 3.64. The fraction of sp³-hybridized carbons (Fsp3) is 0.900. The summed E-state index contributed by atoms with van der Waals surface area (Å²) in [5, 5.41) is 0. The van der Waals surface area contributed by atoms with Crippen LogP contribution in [0.25, 0.3) is 0 Å². The van der Waals surface area contributed by atoms with Crippen LogP contribution >= 0.6 is 0 Å². The highest BCUT2D eigenvalue weighted by Crippen LogP contribution is 2.04. The van der Waals surface area contributed by atoms with Gasteiger partial charge >= 0.3 is 0 Å². The van der Waals surface area contributed by atoms with Crippen molar-refractivity contribution in [3.8, 4) is 0 Å². The summed E-state index contributed by atoms with van der Waals surface area (Å²) in [5.74, 6) is 0.112. The zero-order chi connectivity index (χ0) is 10.4. The summed E-state index contributed by atoms with van der Waals surface area (Å²) >= 11 is 0. The predicted molar refractivity (Wildman–Crippen MR) is 54.9 cm³/mol. The van der Waals surface area contributed by atoms with Crippen molar-refractivity contribution in [2.24, 2.45) is 5.73 Å². The maximum Gasteiger partial charge on any atom is 0.248 e. The average Bonchev–Trinajstić information content (AvgIpc) is 2.20. The second-order valence-electron chi connectivity index (χ2n) is 3.74. The summed E-state index contributed by atoms with van der Waals surface area (Å²) in [6, 6.07) is 0.283. The third-order valence-corrected chi connectivity index (χ3v) is 2.61. The zero-order valence-corrected chi connectivity index (χ0v) is 8.87. The highest BCUT2D eigenvalue weighted by Gasteiger charge is 2.17. The zero-order valence-electron chi connectivity index (χ0n) is 8.87. The third-order valence-electron chi connectivity index (χ3n) is 2.61. The molecule has 1 aliphatic heterocycles. The van der Waals surface area contributed by atoms with Crippen molar-refractivity contribution in [1.29, 1.82) is 0 Å². The molecule has 1 aliphatic rings. The fourth-order valence-electron chi connectivity index (χ4n) is 1.54. The van der Waals surface area contributed by atoms with Gasteiger partial charge in [-0.15, -0.1) is 0 Å². The molecule has 0 aromatic heterocycles. The van der Waals surface area contributed by atoms with Gasteiger partial charge in [0.2, 0.25) is 5.91 Å². The Morgan fingerprint density at radius 3 is 3.07 bits per heavy atom. The largest absolute Gasteiger partial charge is 0.370 e. The molecule has 2 N–H and O–H groups in total. The van der Waals surface area contributed by atoms with Gasteiger partial charge in [0.25, 0.3) is 0 Å². The minimum atomic E-state index is 0.112. The molecule has 14 heavy (non-hydrogen) atoms. The van der Waals surface area contributed by atoms with Gasteiger partial charge in [-0.1, -0.05) is 6.92 Å². The van der Waals surface area contributed by atoms with Crippen molar-refractivity contribution < 1.29 is 9.53 Å². The molecule has 1 saturated heterocycles. The highest BCUT2D eigenvalue weighted by molar-refractivity contribution is 5.77. The van der Waals surface area contributed by atoms with Crippen molar-refractivity contribution >= 4 is 5.91 Å².